The van der Waals surface area contributed by atoms with Gasteiger partial charge in [-0.05, 0) is 29.9 Å². The molecule has 224 valence electrons. The van der Waals surface area contributed by atoms with Crippen molar-refractivity contribution in [3.8, 4) is 0 Å². The van der Waals surface area contributed by atoms with Crippen LogP contribution < -0.4 is 0 Å². The van der Waals surface area contributed by atoms with Gasteiger partial charge in [-0.15, -0.1) is 0 Å². The summed E-state index contributed by atoms with van der Waals surface area (Å²) < 4.78 is 5.49. The van der Waals surface area contributed by atoms with Crippen LogP contribution in [0.5, 0.6) is 0 Å². The molecule has 1 saturated carbocycles. The van der Waals surface area contributed by atoms with E-state index in [1.54, 1.807) is 0 Å². The van der Waals surface area contributed by atoms with Crippen LogP contribution in [0.3, 0.4) is 0 Å². The van der Waals surface area contributed by atoms with Crippen molar-refractivity contribution in [1.29, 1.82) is 0 Å². The molecule has 1 aliphatic carbocycles. The first-order valence-corrected chi connectivity index (χ1v) is 15.8. The number of morpholine rings is 1. The van der Waals surface area contributed by atoms with Crippen molar-refractivity contribution in [3.05, 3.63) is 53.7 Å². The standard InChI is InChI=1S/C34H49N3O4/c1-26(22-27-10-6-4-7-11-27)31(38)37-17-15-34(40,33(2,3)24-37)25-35-16-14-29(28-12-8-5-9-13-28)30(23-35)32(39)36-18-20-41-21-19-36/h5,8-9,12-14,23,26-27,40H,4,6-7,10-11,15-22,24-25H2,1-3H3/t26-,34?/m1/s1. The highest BCUT2D eigenvalue weighted by Crippen LogP contribution is 2.41. The summed E-state index contributed by atoms with van der Waals surface area (Å²) in [5, 5.41) is 12.1. The number of carbonyl (C=O) groups excluding carboxylic acids is 2. The summed E-state index contributed by atoms with van der Waals surface area (Å²) in [6, 6.07) is 10.1. The zero-order valence-corrected chi connectivity index (χ0v) is 25.3. The first kappa shape index (κ1) is 29.8. The van der Waals surface area contributed by atoms with E-state index < -0.39 is 11.0 Å². The third-order valence-corrected chi connectivity index (χ3v) is 10.00. The summed E-state index contributed by atoms with van der Waals surface area (Å²) in [6.45, 7) is 10.7. The van der Waals surface area contributed by atoms with Gasteiger partial charge in [-0.3, -0.25) is 9.59 Å². The third-order valence-electron chi connectivity index (χ3n) is 10.00. The molecule has 5 rings (SSSR count). The van der Waals surface area contributed by atoms with Crippen LogP contribution >= 0.6 is 0 Å². The van der Waals surface area contributed by atoms with Crippen LogP contribution in [0.1, 0.15) is 71.3 Å². The van der Waals surface area contributed by atoms with Gasteiger partial charge in [0.15, 0.2) is 0 Å². The first-order valence-electron chi connectivity index (χ1n) is 15.8. The summed E-state index contributed by atoms with van der Waals surface area (Å²) in [6.07, 6.45) is 12.0. The minimum absolute atomic E-state index is 0.00622. The Bertz CT molecular complexity index is 1130. The lowest BCUT2D eigenvalue weighted by Gasteiger charge is -2.52. The first-order chi connectivity index (χ1) is 19.7. The number of aliphatic hydroxyl groups is 1. The van der Waals surface area contributed by atoms with Gasteiger partial charge >= 0.3 is 0 Å². The Labute approximate surface area is 246 Å². The maximum absolute atomic E-state index is 13.7. The number of amides is 2. The highest BCUT2D eigenvalue weighted by atomic mass is 16.5. The van der Waals surface area contributed by atoms with Crippen molar-refractivity contribution >= 4 is 17.4 Å². The molecule has 3 aliphatic heterocycles. The largest absolute Gasteiger partial charge is 0.387 e. The number of carbonyl (C=O) groups is 2. The van der Waals surface area contributed by atoms with Gasteiger partial charge in [-0.1, -0.05) is 89.3 Å². The summed E-state index contributed by atoms with van der Waals surface area (Å²) in [7, 11) is 0. The molecule has 1 aromatic carbocycles. The molecule has 3 heterocycles. The van der Waals surface area contributed by atoms with Gasteiger partial charge in [0, 0.05) is 56.8 Å². The lowest BCUT2D eigenvalue weighted by molar-refractivity contribution is -0.156. The molecule has 2 amide bonds. The number of benzene rings is 1. The number of likely N-dealkylation sites (tertiary alicyclic amines) is 1. The highest BCUT2D eigenvalue weighted by Gasteiger charge is 2.49. The average Bonchev–Trinajstić information content (AvgIpc) is 2.99. The Hall–Kier alpha value is -2.64. The van der Waals surface area contributed by atoms with Crippen molar-refractivity contribution in [2.24, 2.45) is 17.3 Å². The lowest BCUT2D eigenvalue weighted by atomic mass is 9.69. The molecule has 1 N–H and O–H groups in total. The topological polar surface area (TPSA) is 73.3 Å². The molecule has 2 saturated heterocycles. The van der Waals surface area contributed by atoms with E-state index in [4.69, 9.17) is 4.74 Å². The zero-order chi connectivity index (χ0) is 29.0. The molecular weight excluding hydrogens is 514 g/mol. The number of hydrogen-bond donors (Lipinski definition) is 1. The second-order valence-corrected chi connectivity index (χ2v) is 13.4. The lowest BCUT2D eigenvalue weighted by Crippen LogP contribution is -2.62. The molecule has 1 unspecified atom stereocenters. The van der Waals surface area contributed by atoms with E-state index in [1.165, 1.54) is 32.1 Å². The van der Waals surface area contributed by atoms with Gasteiger partial charge in [-0.25, -0.2) is 0 Å². The van der Waals surface area contributed by atoms with Crippen LogP contribution in [-0.2, 0) is 14.3 Å². The number of ether oxygens (including phenoxy) is 1. The summed E-state index contributed by atoms with van der Waals surface area (Å²) >= 11 is 0. The van der Waals surface area contributed by atoms with E-state index in [1.807, 2.05) is 46.3 Å². The van der Waals surface area contributed by atoms with Gasteiger partial charge in [0.2, 0.25) is 5.91 Å². The number of rotatable bonds is 7. The molecule has 7 heteroatoms. The maximum atomic E-state index is 13.7. The van der Waals surface area contributed by atoms with Crippen molar-refractivity contribution in [3.63, 3.8) is 0 Å². The SMILES string of the molecule is C[C@H](CC1CCCCC1)C(=O)N1CCC(O)(CN2C=C(C(=O)N3CCOCC3)C(c3ccccc3)=CC2)C(C)(C)C1. The Balaban J connectivity index is 1.28. The van der Waals surface area contributed by atoms with E-state index in [0.717, 1.165) is 17.6 Å². The zero-order valence-electron chi connectivity index (χ0n) is 25.3. The molecule has 3 fully saturated rings. The van der Waals surface area contributed by atoms with E-state index >= 15 is 0 Å². The number of hydrogen-bond acceptors (Lipinski definition) is 5. The van der Waals surface area contributed by atoms with E-state index in [9.17, 15) is 14.7 Å². The Kier molecular flexibility index (Phi) is 9.24. The van der Waals surface area contributed by atoms with Gasteiger partial charge in [0.1, 0.15) is 0 Å². The summed E-state index contributed by atoms with van der Waals surface area (Å²) in [4.78, 5) is 33.2. The second-order valence-electron chi connectivity index (χ2n) is 13.4. The molecule has 0 spiro atoms. The molecule has 0 aromatic heterocycles. The van der Waals surface area contributed by atoms with Crippen LogP contribution in [-0.4, -0.2) is 89.7 Å². The molecule has 4 aliphatic rings. The molecule has 1 aromatic rings. The number of β-amino-alcohol motifs (C(OH)–C–C–N with tert-alkyl or cyclic N) is 1. The van der Waals surface area contributed by atoms with Crippen LogP contribution in [0, 0.1) is 17.3 Å². The molecule has 41 heavy (non-hydrogen) atoms. The van der Waals surface area contributed by atoms with Gasteiger partial charge in [0.25, 0.3) is 5.91 Å². The van der Waals surface area contributed by atoms with Crippen LogP contribution in [0.2, 0.25) is 0 Å². The van der Waals surface area contributed by atoms with Crippen molar-refractivity contribution in [1.82, 2.24) is 14.7 Å². The predicted molar refractivity (Wildman–Crippen MR) is 162 cm³/mol. The molecule has 2 atom stereocenters. The van der Waals surface area contributed by atoms with Crippen LogP contribution in [0.4, 0.5) is 0 Å². The monoisotopic (exact) mass is 563 g/mol. The van der Waals surface area contributed by atoms with E-state index in [2.05, 4.69) is 31.7 Å². The van der Waals surface area contributed by atoms with Crippen LogP contribution in [0.15, 0.2) is 48.2 Å². The Morgan fingerprint density at radius 3 is 2.41 bits per heavy atom. The second kappa shape index (κ2) is 12.7. The Morgan fingerprint density at radius 1 is 1.02 bits per heavy atom. The maximum Gasteiger partial charge on any atom is 0.256 e. The molecule has 7 nitrogen and oxygen atoms in total. The highest BCUT2D eigenvalue weighted by molar-refractivity contribution is 6.09. The predicted octanol–water partition coefficient (Wildman–Crippen LogP) is 4.72. The van der Waals surface area contributed by atoms with Gasteiger partial charge in [-0.2, -0.15) is 0 Å². The average molecular weight is 564 g/mol. The fourth-order valence-electron chi connectivity index (χ4n) is 7.25. The molecule has 0 bridgehead atoms. The minimum Gasteiger partial charge on any atom is -0.387 e. The van der Waals surface area contributed by atoms with Crippen molar-refractivity contribution in [2.75, 3.05) is 52.5 Å². The van der Waals surface area contributed by atoms with E-state index in [0.29, 0.717) is 70.4 Å². The third kappa shape index (κ3) is 6.72. The van der Waals surface area contributed by atoms with Gasteiger partial charge < -0.3 is 24.5 Å². The van der Waals surface area contributed by atoms with Gasteiger partial charge in [0.05, 0.1) is 24.4 Å². The Morgan fingerprint density at radius 2 is 1.73 bits per heavy atom. The number of piperidine rings is 1. The minimum atomic E-state index is -0.988. The summed E-state index contributed by atoms with van der Waals surface area (Å²) in [5.74, 6) is 0.941. The van der Waals surface area contributed by atoms with Crippen molar-refractivity contribution < 1.29 is 19.4 Å². The fraction of sp³-hybridized carbons (Fsp3) is 0.647. The van der Waals surface area contributed by atoms with Crippen LogP contribution in [0.25, 0.3) is 5.57 Å². The molecule has 0 radical (unpaired) electrons. The number of nitrogens with zero attached hydrogens (tertiary/aromatic N) is 3. The summed E-state index contributed by atoms with van der Waals surface area (Å²) in [5.41, 5.74) is 1.15. The smallest absolute Gasteiger partial charge is 0.256 e. The quantitative estimate of drug-likeness (QED) is 0.520. The normalized spacial score (nSPS) is 26.3. The fourth-order valence-corrected chi connectivity index (χ4v) is 7.25. The van der Waals surface area contributed by atoms with Crippen molar-refractivity contribution in [2.45, 2.75) is 71.3 Å². The van der Waals surface area contributed by atoms with E-state index in [-0.39, 0.29) is 17.7 Å². The molecular formula is C34H49N3O4.